The Morgan fingerprint density at radius 3 is 2.33 bits per heavy atom. The van der Waals surface area contributed by atoms with Crippen molar-refractivity contribution in [3.8, 4) is 17.0 Å². The molecule has 0 aliphatic carbocycles. The van der Waals surface area contributed by atoms with Crippen LogP contribution in [0.5, 0.6) is 5.75 Å². The van der Waals surface area contributed by atoms with Crippen molar-refractivity contribution in [1.82, 2.24) is 4.98 Å². The van der Waals surface area contributed by atoms with Gasteiger partial charge in [0.25, 0.3) is 6.29 Å². The van der Waals surface area contributed by atoms with Gasteiger partial charge in [0.1, 0.15) is 11.6 Å². The lowest BCUT2D eigenvalue weighted by atomic mass is 10.1. The summed E-state index contributed by atoms with van der Waals surface area (Å²) in [5, 5.41) is -0.654. The fourth-order valence-electron chi connectivity index (χ4n) is 2.00. The van der Waals surface area contributed by atoms with E-state index in [2.05, 4.69) is 9.72 Å². The minimum absolute atomic E-state index is 0.192. The van der Waals surface area contributed by atoms with Gasteiger partial charge in [-0.05, 0) is 18.2 Å². The van der Waals surface area contributed by atoms with Gasteiger partial charge in [-0.1, -0.05) is 23.2 Å². The van der Waals surface area contributed by atoms with Gasteiger partial charge in [0.05, 0.1) is 28.4 Å². The van der Waals surface area contributed by atoms with E-state index < -0.39 is 34.8 Å². The zero-order valence-corrected chi connectivity index (χ0v) is 15.2. The first-order valence-electron chi connectivity index (χ1n) is 7.08. The van der Waals surface area contributed by atoms with Gasteiger partial charge in [0.15, 0.2) is 0 Å². The monoisotopic (exact) mass is 427 g/mol. The summed E-state index contributed by atoms with van der Waals surface area (Å²) in [6, 6.07) is 2.49. The fourth-order valence-corrected chi connectivity index (χ4v) is 2.46. The minimum Gasteiger partial charge on any atom is -0.464 e. The summed E-state index contributed by atoms with van der Waals surface area (Å²) >= 11 is 11.7. The number of alkyl halides is 3. The molecule has 0 N–H and O–H groups in total. The molecule has 0 radical (unpaired) electrons. The van der Waals surface area contributed by atoms with Crippen LogP contribution in [0.1, 0.15) is 5.56 Å². The molecule has 1 aromatic carbocycles. The number of halogens is 6. The van der Waals surface area contributed by atoms with Crippen LogP contribution in [0.25, 0.3) is 11.3 Å². The van der Waals surface area contributed by atoms with Crippen molar-refractivity contribution in [1.29, 1.82) is 0 Å². The van der Waals surface area contributed by atoms with E-state index in [-0.39, 0.29) is 22.0 Å². The number of rotatable bonds is 5. The van der Waals surface area contributed by atoms with Crippen LogP contribution < -0.4 is 4.74 Å². The molecule has 1 heterocycles. The number of pyridine rings is 1. The van der Waals surface area contributed by atoms with Crippen LogP contribution >= 0.6 is 23.2 Å². The van der Waals surface area contributed by atoms with E-state index >= 15 is 0 Å². The SMILES string of the molecule is COC(=O)C(OC)Oc1cc(-c2ncc(C(F)(F)F)cc2Cl)c(F)cc1Cl. The summed E-state index contributed by atoms with van der Waals surface area (Å²) in [5.74, 6) is -1.98. The van der Waals surface area contributed by atoms with Crippen molar-refractivity contribution in [3.05, 3.63) is 45.8 Å². The third-order valence-electron chi connectivity index (χ3n) is 3.29. The Bertz CT molecular complexity index is 861. The summed E-state index contributed by atoms with van der Waals surface area (Å²) in [6.07, 6.45) is -5.64. The number of hydrogen-bond donors (Lipinski definition) is 0. The number of aromatic nitrogens is 1. The molecule has 0 amide bonds. The van der Waals surface area contributed by atoms with Gasteiger partial charge in [0.2, 0.25) is 0 Å². The maximum atomic E-state index is 14.3. The zero-order chi connectivity index (χ0) is 20.4. The average Bonchev–Trinajstić information content (AvgIpc) is 2.60. The highest BCUT2D eigenvalue weighted by Gasteiger charge is 2.32. The van der Waals surface area contributed by atoms with E-state index in [9.17, 15) is 22.4 Å². The number of benzene rings is 1. The maximum Gasteiger partial charge on any atom is 0.417 e. The Morgan fingerprint density at radius 1 is 1.15 bits per heavy atom. The standard InChI is InChI=1S/C16H11Cl2F4NO4/c1-25-14(24)15(26-2)27-12-4-8(11(19)5-9(12)17)13-10(18)3-7(6-23-13)16(20,21)22/h3-6,15H,1-2H3. The summed E-state index contributed by atoms with van der Waals surface area (Å²) < 4.78 is 67.0. The third kappa shape index (κ3) is 4.79. The highest BCUT2D eigenvalue weighted by atomic mass is 35.5. The predicted octanol–water partition coefficient (Wildman–Crippen LogP) is 4.74. The van der Waals surface area contributed by atoms with E-state index in [4.69, 9.17) is 32.7 Å². The highest BCUT2D eigenvalue weighted by Crippen LogP contribution is 2.38. The second-order valence-electron chi connectivity index (χ2n) is 5.02. The number of methoxy groups -OCH3 is 2. The number of nitrogens with zero attached hydrogens (tertiary/aromatic N) is 1. The zero-order valence-electron chi connectivity index (χ0n) is 13.7. The smallest absolute Gasteiger partial charge is 0.417 e. The van der Waals surface area contributed by atoms with Gasteiger partial charge < -0.3 is 14.2 Å². The number of esters is 1. The molecule has 0 saturated carbocycles. The Labute approximate surface area is 160 Å². The molecule has 0 aliphatic heterocycles. The van der Waals surface area contributed by atoms with Crippen LogP contribution in [0.4, 0.5) is 17.6 Å². The Hall–Kier alpha value is -2.10. The topological polar surface area (TPSA) is 57.7 Å². The molecule has 0 fully saturated rings. The van der Waals surface area contributed by atoms with Gasteiger partial charge in [-0.2, -0.15) is 13.2 Å². The number of ether oxygens (including phenoxy) is 3. The normalized spacial score (nSPS) is 12.6. The van der Waals surface area contributed by atoms with Crippen molar-refractivity contribution in [2.45, 2.75) is 12.5 Å². The van der Waals surface area contributed by atoms with Crippen molar-refractivity contribution in [2.75, 3.05) is 14.2 Å². The fraction of sp³-hybridized carbons (Fsp3) is 0.250. The molecule has 0 aliphatic rings. The lowest BCUT2D eigenvalue weighted by molar-refractivity contribution is -0.170. The molecule has 146 valence electrons. The van der Waals surface area contributed by atoms with E-state index in [1.165, 1.54) is 0 Å². The Kier molecular flexibility index (Phi) is 6.50. The number of hydrogen-bond acceptors (Lipinski definition) is 5. The van der Waals surface area contributed by atoms with Gasteiger partial charge in [0, 0.05) is 18.9 Å². The molecule has 5 nitrogen and oxygen atoms in total. The molecule has 1 aromatic heterocycles. The lowest BCUT2D eigenvalue weighted by Gasteiger charge is -2.17. The predicted molar refractivity (Wildman–Crippen MR) is 88.1 cm³/mol. The minimum atomic E-state index is -4.66. The molecule has 2 rings (SSSR count). The van der Waals surface area contributed by atoms with Crippen molar-refractivity contribution in [3.63, 3.8) is 0 Å². The Balaban J connectivity index is 2.48. The van der Waals surface area contributed by atoms with Gasteiger partial charge in [-0.15, -0.1) is 0 Å². The maximum absolute atomic E-state index is 14.3. The second kappa shape index (κ2) is 8.28. The van der Waals surface area contributed by atoms with E-state index in [0.29, 0.717) is 12.3 Å². The van der Waals surface area contributed by atoms with E-state index in [1.807, 2.05) is 0 Å². The van der Waals surface area contributed by atoms with Crippen LogP contribution in [0, 0.1) is 5.82 Å². The first kappa shape index (κ1) is 21.2. The van der Waals surface area contributed by atoms with Crippen LogP contribution in [0.2, 0.25) is 10.0 Å². The largest absolute Gasteiger partial charge is 0.464 e. The van der Waals surface area contributed by atoms with Crippen molar-refractivity contribution in [2.24, 2.45) is 0 Å². The summed E-state index contributed by atoms with van der Waals surface area (Å²) in [6.45, 7) is 0. The summed E-state index contributed by atoms with van der Waals surface area (Å²) in [4.78, 5) is 15.1. The summed E-state index contributed by atoms with van der Waals surface area (Å²) in [7, 11) is 2.26. The van der Waals surface area contributed by atoms with Crippen molar-refractivity contribution >= 4 is 29.2 Å². The molecular formula is C16H11Cl2F4NO4. The molecule has 0 bridgehead atoms. The van der Waals surface area contributed by atoms with Crippen LogP contribution in [0.15, 0.2) is 24.4 Å². The lowest BCUT2D eigenvalue weighted by Crippen LogP contribution is -2.30. The van der Waals surface area contributed by atoms with Crippen LogP contribution in [-0.4, -0.2) is 31.5 Å². The van der Waals surface area contributed by atoms with Gasteiger partial charge >= 0.3 is 12.1 Å². The molecule has 1 atom stereocenters. The molecule has 27 heavy (non-hydrogen) atoms. The summed E-state index contributed by atoms with van der Waals surface area (Å²) in [5.41, 5.74) is -1.64. The average molecular weight is 428 g/mol. The third-order valence-corrected chi connectivity index (χ3v) is 3.87. The second-order valence-corrected chi connectivity index (χ2v) is 5.84. The number of carbonyl (C=O) groups is 1. The molecule has 1 unspecified atom stereocenters. The van der Waals surface area contributed by atoms with Crippen LogP contribution in [-0.2, 0) is 20.4 Å². The molecular weight excluding hydrogens is 417 g/mol. The number of carbonyl (C=O) groups excluding carboxylic acids is 1. The van der Waals surface area contributed by atoms with E-state index in [1.54, 1.807) is 0 Å². The molecule has 0 saturated heterocycles. The first-order valence-corrected chi connectivity index (χ1v) is 7.83. The van der Waals surface area contributed by atoms with Gasteiger partial charge in [-0.25, -0.2) is 9.18 Å². The first-order chi connectivity index (χ1) is 12.6. The molecule has 2 aromatic rings. The van der Waals surface area contributed by atoms with Crippen molar-refractivity contribution < 1.29 is 36.6 Å². The van der Waals surface area contributed by atoms with Gasteiger partial charge in [-0.3, -0.25) is 4.98 Å². The molecule has 11 heteroatoms. The Morgan fingerprint density at radius 2 is 1.81 bits per heavy atom. The molecule has 0 spiro atoms. The van der Waals surface area contributed by atoms with Crippen LogP contribution in [0.3, 0.4) is 0 Å². The van der Waals surface area contributed by atoms with E-state index in [0.717, 1.165) is 26.4 Å². The quantitative estimate of drug-likeness (QED) is 0.392. The highest BCUT2D eigenvalue weighted by molar-refractivity contribution is 6.33.